The number of benzene rings is 2. The van der Waals surface area contributed by atoms with Crippen LogP contribution in [0.3, 0.4) is 0 Å². The van der Waals surface area contributed by atoms with Gasteiger partial charge in [-0.1, -0.05) is 48.5 Å². The second kappa shape index (κ2) is 12.6. The fourth-order valence-corrected chi connectivity index (χ4v) is 6.30. The van der Waals surface area contributed by atoms with Gasteiger partial charge in [0, 0.05) is 30.4 Å². The van der Waals surface area contributed by atoms with Crippen LogP contribution in [0.4, 0.5) is 0 Å². The van der Waals surface area contributed by atoms with E-state index in [0.717, 1.165) is 49.0 Å². The van der Waals surface area contributed by atoms with Crippen LogP contribution in [0, 0.1) is 11.8 Å². The second-order valence-electron chi connectivity index (χ2n) is 10.5. The third kappa shape index (κ3) is 7.21. The highest BCUT2D eigenvalue weighted by atomic mass is 32.1. The van der Waals surface area contributed by atoms with Crippen molar-refractivity contribution in [3.05, 3.63) is 88.1 Å². The second-order valence-corrected chi connectivity index (χ2v) is 11.5. The average Bonchev–Trinajstić information content (AvgIpc) is 3.43. The third-order valence-electron chi connectivity index (χ3n) is 7.64. The molecule has 3 aromatic rings. The molecule has 0 bridgehead atoms. The Labute approximate surface area is 219 Å². The van der Waals surface area contributed by atoms with Crippen LogP contribution in [0.5, 0.6) is 5.75 Å². The Hall–Kier alpha value is -2.63. The molecule has 2 aliphatic heterocycles. The Balaban J connectivity index is 1.06. The zero-order chi connectivity index (χ0) is 24.6. The molecule has 0 aliphatic carbocycles. The van der Waals surface area contributed by atoms with Gasteiger partial charge in [0.15, 0.2) is 0 Å². The Kier molecular flexibility index (Phi) is 8.73. The normalized spacial score (nSPS) is 19.3. The fraction of sp³-hybridized carbons (Fsp3) is 0.452. The lowest BCUT2D eigenvalue weighted by Crippen LogP contribution is -2.42. The summed E-state index contributed by atoms with van der Waals surface area (Å²) in [5.74, 6) is 2.40. The number of rotatable bonds is 9. The van der Waals surface area contributed by atoms with Crippen LogP contribution in [0.1, 0.15) is 41.7 Å². The summed E-state index contributed by atoms with van der Waals surface area (Å²) in [6, 6.07) is 23.6. The van der Waals surface area contributed by atoms with Gasteiger partial charge in [-0.25, -0.2) is 0 Å². The Morgan fingerprint density at radius 1 is 0.889 bits per heavy atom. The number of ether oxygens (including phenoxy) is 1. The number of amides is 1. The molecule has 2 saturated heterocycles. The standard InChI is InChI=1S/C31H38N2O2S/c34-31(21-30-12-6-18-36-30)33-15-5-10-28(23-33)24-35-29-11-4-9-27(20-29)22-32-16-13-26(14-17-32)19-25-7-2-1-3-8-25/h1-4,6-9,11-12,18,20,26,28H,5,10,13-17,19,21-24H2. The number of hydrogen-bond acceptors (Lipinski definition) is 4. The molecule has 1 amide bonds. The topological polar surface area (TPSA) is 32.8 Å². The molecule has 4 nitrogen and oxygen atoms in total. The molecule has 0 spiro atoms. The van der Waals surface area contributed by atoms with E-state index >= 15 is 0 Å². The summed E-state index contributed by atoms with van der Waals surface area (Å²) in [4.78, 5) is 18.5. The lowest BCUT2D eigenvalue weighted by Gasteiger charge is -2.33. The summed E-state index contributed by atoms with van der Waals surface area (Å²) in [5, 5.41) is 2.04. The molecule has 2 aromatic carbocycles. The minimum atomic E-state index is 0.247. The number of likely N-dealkylation sites (tertiary alicyclic amines) is 2. The third-order valence-corrected chi connectivity index (χ3v) is 8.52. The zero-order valence-corrected chi connectivity index (χ0v) is 22.0. The number of nitrogens with zero attached hydrogens (tertiary/aromatic N) is 2. The van der Waals surface area contributed by atoms with Crippen molar-refractivity contribution in [1.82, 2.24) is 9.80 Å². The SMILES string of the molecule is O=C(Cc1cccs1)N1CCCC(COc2cccc(CN3CCC(Cc4ccccc4)CC3)c2)C1. The number of thiophene rings is 1. The molecule has 190 valence electrons. The summed E-state index contributed by atoms with van der Waals surface area (Å²) in [7, 11) is 0. The Morgan fingerprint density at radius 3 is 2.53 bits per heavy atom. The largest absolute Gasteiger partial charge is 0.493 e. The van der Waals surface area contributed by atoms with Gasteiger partial charge in [-0.05, 0) is 85.8 Å². The molecule has 1 unspecified atom stereocenters. The van der Waals surface area contributed by atoms with E-state index in [1.165, 1.54) is 43.5 Å². The number of carbonyl (C=O) groups is 1. The van der Waals surface area contributed by atoms with Crippen molar-refractivity contribution in [1.29, 1.82) is 0 Å². The van der Waals surface area contributed by atoms with E-state index in [2.05, 4.69) is 59.5 Å². The fourth-order valence-electron chi connectivity index (χ4n) is 5.60. The Bertz CT molecular complexity index is 1080. The van der Waals surface area contributed by atoms with Crippen molar-refractivity contribution < 1.29 is 9.53 Å². The lowest BCUT2D eigenvalue weighted by molar-refractivity contribution is -0.132. The van der Waals surface area contributed by atoms with Crippen molar-refractivity contribution in [2.75, 3.05) is 32.8 Å². The number of carbonyl (C=O) groups excluding carboxylic acids is 1. The van der Waals surface area contributed by atoms with E-state index in [1.54, 1.807) is 11.3 Å². The van der Waals surface area contributed by atoms with Crippen LogP contribution < -0.4 is 4.74 Å². The molecule has 2 fully saturated rings. The van der Waals surface area contributed by atoms with Gasteiger partial charge < -0.3 is 9.64 Å². The minimum Gasteiger partial charge on any atom is -0.493 e. The molecule has 3 heterocycles. The van der Waals surface area contributed by atoms with Crippen molar-refractivity contribution in [3.63, 3.8) is 0 Å². The predicted octanol–water partition coefficient (Wildman–Crippen LogP) is 6.06. The molecular formula is C31H38N2O2S. The van der Waals surface area contributed by atoms with Crippen LogP contribution in [0.15, 0.2) is 72.1 Å². The molecule has 5 rings (SSSR count). The highest BCUT2D eigenvalue weighted by Gasteiger charge is 2.24. The molecule has 0 N–H and O–H groups in total. The van der Waals surface area contributed by atoms with E-state index in [9.17, 15) is 4.79 Å². The molecular weight excluding hydrogens is 464 g/mol. The molecule has 0 radical (unpaired) electrons. The van der Waals surface area contributed by atoms with Crippen molar-refractivity contribution in [2.24, 2.45) is 11.8 Å². The first-order chi connectivity index (χ1) is 17.7. The van der Waals surface area contributed by atoms with E-state index in [0.29, 0.717) is 18.9 Å². The van der Waals surface area contributed by atoms with Crippen LogP contribution in [0.2, 0.25) is 0 Å². The maximum absolute atomic E-state index is 12.7. The van der Waals surface area contributed by atoms with Crippen molar-refractivity contribution in [3.8, 4) is 5.75 Å². The highest BCUT2D eigenvalue weighted by molar-refractivity contribution is 7.10. The summed E-state index contributed by atoms with van der Waals surface area (Å²) in [6.07, 6.45) is 6.46. The van der Waals surface area contributed by atoms with E-state index in [4.69, 9.17) is 4.74 Å². The zero-order valence-electron chi connectivity index (χ0n) is 21.2. The van der Waals surface area contributed by atoms with Crippen LogP contribution in [-0.2, 0) is 24.2 Å². The average molecular weight is 503 g/mol. The van der Waals surface area contributed by atoms with Crippen LogP contribution in [0.25, 0.3) is 0 Å². The van der Waals surface area contributed by atoms with Gasteiger partial charge in [0.25, 0.3) is 0 Å². The minimum absolute atomic E-state index is 0.247. The maximum atomic E-state index is 12.7. The van der Waals surface area contributed by atoms with Gasteiger partial charge in [0.05, 0.1) is 13.0 Å². The first-order valence-corrected chi connectivity index (χ1v) is 14.4. The summed E-state index contributed by atoms with van der Waals surface area (Å²) < 4.78 is 6.24. The number of hydrogen-bond donors (Lipinski definition) is 0. The molecule has 2 aliphatic rings. The summed E-state index contributed by atoms with van der Waals surface area (Å²) >= 11 is 1.66. The van der Waals surface area contributed by atoms with Crippen LogP contribution >= 0.6 is 11.3 Å². The van der Waals surface area contributed by atoms with E-state index < -0.39 is 0 Å². The van der Waals surface area contributed by atoms with Gasteiger partial charge in [-0.3, -0.25) is 9.69 Å². The van der Waals surface area contributed by atoms with E-state index in [-0.39, 0.29) is 5.91 Å². The maximum Gasteiger partial charge on any atom is 0.227 e. The molecule has 1 atom stereocenters. The summed E-state index contributed by atoms with van der Waals surface area (Å²) in [6.45, 7) is 5.68. The van der Waals surface area contributed by atoms with Gasteiger partial charge in [-0.2, -0.15) is 0 Å². The smallest absolute Gasteiger partial charge is 0.227 e. The van der Waals surface area contributed by atoms with Crippen molar-refractivity contribution >= 4 is 17.2 Å². The first-order valence-electron chi connectivity index (χ1n) is 13.5. The van der Waals surface area contributed by atoms with Gasteiger partial charge >= 0.3 is 0 Å². The highest BCUT2D eigenvalue weighted by Crippen LogP contribution is 2.25. The van der Waals surface area contributed by atoms with E-state index in [1.807, 2.05) is 22.4 Å². The first kappa shape index (κ1) is 25.0. The lowest BCUT2D eigenvalue weighted by atomic mass is 9.90. The molecule has 1 aromatic heterocycles. The van der Waals surface area contributed by atoms with Crippen LogP contribution in [-0.4, -0.2) is 48.5 Å². The quantitative estimate of drug-likeness (QED) is 0.356. The summed E-state index contributed by atoms with van der Waals surface area (Å²) in [5.41, 5.74) is 2.79. The predicted molar refractivity (Wildman–Crippen MR) is 147 cm³/mol. The number of piperidine rings is 2. The van der Waals surface area contributed by atoms with Gasteiger partial charge in [0.1, 0.15) is 5.75 Å². The van der Waals surface area contributed by atoms with Gasteiger partial charge in [0.2, 0.25) is 5.91 Å². The van der Waals surface area contributed by atoms with Crippen molar-refractivity contribution in [2.45, 2.75) is 45.1 Å². The molecule has 36 heavy (non-hydrogen) atoms. The van der Waals surface area contributed by atoms with Gasteiger partial charge in [-0.15, -0.1) is 11.3 Å². The Morgan fingerprint density at radius 2 is 1.72 bits per heavy atom. The molecule has 0 saturated carbocycles. The molecule has 5 heteroatoms. The monoisotopic (exact) mass is 502 g/mol.